The molecule has 0 radical (unpaired) electrons. The largest absolute Gasteiger partial charge is 0.484 e. The summed E-state index contributed by atoms with van der Waals surface area (Å²) in [6.45, 7) is -0.537. The number of amides is 3. The molecule has 0 saturated heterocycles. The molecule has 168 valence electrons. The molecule has 0 aliphatic carbocycles. The van der Waals surface area contributed by atoms with Gasteiger partial charge in [0.05, 0.1) is 0 Å². The van der Waals surface area contributed by atoms with Crippen LogP contribution in [0.2, 0.25) is 0 Å². The first-order valence-electron chi connectivity index (χ1n) is 10.5. The van der Waals surface area contributed by atoms with Crippen molar-refractivity contribution in [2.24, 2.45) is 0 Å². The summed E-state index contributed by atoms with van der Waals surface area (Å²) in [6.07, 6.45) is 1.04. The highest BCUT2D eigenvalue weighted by molar-refractivity contribution is 5.94. The molecule has 0 aromatic heterocycles. The maximum Gasteiger partial charge on any atom is 0.276 e. The van der Waals surface area contributed by atoms with Crippen molar-refractivity contribution in [3.05, 3.63) is 78.4 Å². The van der Waals surface area contributed by atoms with Gasteiger partial charge in [-0.2, -0.15) is 0 Å². The van der Waals surface area contributed by atoms with Gasteiger partial charge in [-0.25, -0.2) is 0 Å². The van der Waals surface area contributed by atoms with E-state index in [4.69, 9.17) is 9.47 Å². The molecule has 0 atom stereocenters. The van der Waals surface area contributed by atoms with Crippen LogP contribution < -0.4 is 25.6 Å². The van der Waals surface area contributed by atoms with E-state index < -0.39 is 11.8 Å². The summed E-state index contributed by atoms with van der Waals surface area (Å²) in [5.74, 6) is 0.0398. The number of hydrazine groups is 1. The summed E-state index contributed by atoms with van der Waals surface area (Å²) < 4.78 is 11.1. The number of aryl methyl sites for hydroxylation is 1. The topological polar surface area (TPSA) is 106 Å². The Bertz CT molecular complexity index is 1160. The molecule has 3 aromatic rings. The fourth-order valence-electron chi connectivity index (χ4n) is 3.40. The van der Waals surface area contributed by atoms with Crippen LogP contribution in [0.3, 0.4) is 0 Å². The third-order valence-corrected chi connectivity index (χ3v) is 5.01. The molecule has 0 fully saturated rings. The molecule has 4 rings (SSSR count). The monoisotopic (exact) mass is 445 g/mol. The van der Waals surface area contributed by atoms with E-state index in [1.54, 1.807) is 24.3 Å². The summed E-state index contributed by atoms with van der Waals surface area (Å²) in [7, 11) is 0. The first-order chi connectivity index (χ1) is 16.1. The van der Waals surface area contributed by atoms with Gasteiger partial charge in [-0.05, 0) is 41.8 Å². The van der Waals surface area contributed by atoms with Crippen LogP contribution in [0.5, 0.6) is 11.5 Å². The maximum absolute atomic E-state index is 12.1. The highest BCUT2D eigenvalue weighted by Gasteiger charge is 2.15. The molecule has 0 saturated carbocycles. The van der Waals surface area contributed by atoms with Gasteiger partial charge in [0.25, 0.3) is 11.8 Å². The number of nitrogens with one attached hydrogen (secondary N) is 3. The first kappa shape index (κ1) is 21.9. The normalized spacial score (nSPS) is 12.2. The van der Waals surface area contributed by atoms with E-state index in [0.717, 1.165) is 22.4 Å². The molecular weight excluding hydrogens is 422 g/mol. The van der Waals surface area contributed by atoms with Crippen molar-refractivity contribution < 1.29 is 23.9 Å². The standard InChI is InChI=1S/C25H23N3O5/c29-23-13-10-18-14-19(11-12-21(18)26-23)32-15-24(30)27-28-25(31)16-33-22-9-5-4-8-20(22)17-6-2-1-3-7-17/h1-9,11-12,14H,10,13,15-16H2,(H,26,29)(H,27,30)(H,28,31). The summed E-state index contributed by atoms with van der Waals surface area (Å²) >= 11 is 0. The zero-order valence-corrected chi connectivity index (χ0v) is 17.8. The van der Waals surface area contributed by atoms with Crippen LogP contribution in [0.4, 0.5) is 5.69 Å². The minimum atomic E-state index is -0.515. The molecule has 33 heavy (non-hydrogen) atoms. The van der Waals surface area contributed by atoms with Crippen molar-refractivity contribution in [3.63, 3.8) is 0 Å². The van der Waals surface area contributed by atoms with Gasteiger partial charge in [-0.15, -0.1) is 0 Å². The van der Waals surface area contributed by atoms with Crippen LogP contribution in [-0.4, -0.2) is 30.9 Å². The van der Waals surface area contributed by atoms with Gasteiger partial charge in [0.1, 0.15) is 11.5 Å². The van der Waals surface area contributed by atoms with Gasteiger partial charge in [0.15, 0.2) is 13.2 Å². The van der Waals surface area contributed by atoms with E-state index in [0.29, 0.717) is 24.3 Å². The van der Waals surface area contributed by atoms with Crippen molar-refractivity contribution in [2.45, 2.75) is 12.8 Å². The minimum absolute atomic E-state index is 0.0150. The Kier molecular flexibility index (Phi) is 6.84. The van der Waals surface area contributed by atoms with E-state index in [9.17, 15) is 14.4 Å². The Hall–Kier alpha value is -4.33. The van der Waals surface area contributed by atoms with Gasteiger partial charge >= 0.3 is 0 Å². The van der Waals surface area contributed by atoms with Gasteiger partial charge < -0.3 is 14.8 Å². The smallest absolute Gasteiger partial charge is 0.276 e. The van der Waals surface area contributed by atoms with Crippen LogP contribution in [0.15, 0.2) is 72.8 Å². The van der Waals surface area contributed by atoms with Crippen LogP contribution in [-0.2, 0) is 20.8 Å². The molecule has 0 spiro atoms. The van der Waals surface area contributed by atoms with Crippen molar-refractivity contribution in [1.82, 2.24) is 10.9 Å². The molecule has 1 aliphatic rings. The molecule has 1 heterocycles. The lowest BCUT2D eigenvalue weighted by Gasteiger charge is -2.17. The molecule has 0 unspecified atom stereocenters. The predicted molar refractivity (Wildman–Crippen MR) is 123 cm³/mol. The molecule has 3 amide bonds. The average Bonchev–Trinajstić information content (AvgIpc) is 2.85. The summed E-state index contributed by atoms with van der Waals surface area (Å²) in [5, 5.41) is 2.79. The number of hydrogen-bond acceptors (Lipinski definition) is 5. The van der Waals surface area contributed by atoms with Crippen molar-refractivity contribution >= 4 is 23.4 Å². The number of carbonyl (C=O) groups is 3. The fraction of sp³-hybridized carbons (Fsp3) is 0.160. The van der Waals surface area contributed by atoms with E-state index >= 15 is 0 Å². The molecule has 8 heteroatoms. The van der Waals surface area contributed by atoms with Crippen LogP contribution in [0.1, 0.15) is 12.0 Å². The molecule has 1 aliphatic heterocycles. The third-order valence-electron chi connectivity index (χ3n) is 5.01. The SMILES string of the molecule is O=C(COc1ccc2c(c1)CCC(=O)N2)NNC(=O)COc1ccccc1-c1ccccc1. The maximum atomic E-state index is 12.1. The zero-order chi connectivity index (χ0) is 23.0. The van der Waals surface area contributed by atoms with Crippen LogP contribution >= 0.6 is 0 Å². The van der Waals surface area contributed by atoms with Gasteiger partial charge in [0, 0.05) is 17.7 Å². The van der Waals surface area contributed by atoms with Crippen molar-refractivity contribution in [2.75, 3.05) is 18.5 Å². The number of benzene rings is 3. The Balaban J connectivity index is 1.22. The molecule has 0 bridgehead atoms. The molecule has 3 N–H and O–H groups in total. The second-order valence-electron chi connectivity index (χ2n) is 7.40. The Labute approximate surface area is 190 Å². The second kappa shape index (κ2) is 10.3. The second-order valence-corrected chi connectivity index (χ2v) is 7.40. The summed E-state index contributed by atoms with van der Waals surface area (Å²) in [6, 6.07) is 22.3. The van der Waals surface area contributed by atoms with Gasteiger partial charge in [-0.3, -0.25) is 25.2 Å². The Morgan fingerprint density at radius 1 is 0.818 bits per heavy atom. The number of hydrogen-bond donors (Lipinski definition) is 3. The highest BCUT2D eigenvalue weighted by atomic mass is 16.5. The van der Waals surface area contributed by atoms with Gasteiger partial charge in [-0.1, -0.05) is 48.5 Å². The van der Waals surface area contributed by atoms with Crippen molar-refractivity contribution in [1.29, 1.82) is 0 Å². The lowest BCUT2D eigenvalue weighted by Crippen LogP contribution is -2.45. The van der Waals surface area contributed by atoms with E-state index in [1.165, 1.54) is 0 Å². The Morgan fingerprint density at radius 3 is 2.30 bits per heavy atom. The highest BCUT2D eigenvalue weighted by Crippen LogP contribution is 2.29. The van der Waals surface area contributed by atoms with E-state index in [2.05, 4.69) is 16.2 Å². The predicted octanol–water partition coefficient (Wildman–Crippen LogP) is 2.84. The fourth-order valence-corrected chi connectivity index (χ4v) is 3.40. The summed E-state index contributed by atoms with van der Waals surface area (Å²) in [4.78, 5) is 35.5. The number of para-hydroxylation sites is 1. The minimum Gasteiger partial charge on any atom is -0.484 e. The van der Waals surface area contributed by atoms with Crippen LogP contribution in [0, 0.1) is 0 Å². The molecular formula is C25H23N3O5. The van der Waals surface area contributed by atoms with Crippen molar-refractivity contribution in [3.8, 4) is 22.6 Å². The molecule has 8 nitrogen and oxygen atoms in total. The quantitative estimate of drug-likeness (QED) is 0.485. The number of anilines is 1. The average molecular weight is 445 g/mol. The lowest BCUT2D eigenvalue weighted by molar-refractivity contribution is -0.131. The number of ether oxygens (including phenoxy) is 2. The van der Waals surface area contributed by atoms with Crippen LogP contribution in [0.25, 0.3) is 11.1 Å². The first-order valence-corrected chi connectivity index (χ1v) is 10.5. The van der Waals surface area contributed by atoms with Gasteiger partial charge in [0.2, 0.25) is 5.91 Å². The van der Waals surface area contributed by atoms with E-state index in [1.807, 2.05) is 48.5 Å². The van der Waals surface area contributed by atoms with E-state index in [-0.39, 0.29) is 19.1 Å². The number of carbonyl (C=O) groups excluding carboxylic acids is 3. The number of rotatable bonds is 7. The Morgan fingerprint density at radius 2 is 1.52 bits per heavy atom. The number of fused-ring (bicyclic) bond motifs is 1. The zero-order valence-electron chi connectivity index (χ0n) is 17.8. The lowest BCUT2D eigenvalue weighted by atomic mass is 10.0. The molecule has 3 aromatic carbocycles. The summed E-state index contributed by atoms with van der Waals surface area (Å²) in [5.41, 5.74) is 8.17. The third kappa shape index (κ3) is 5.88.